The molecule has 0 aliphatic heterocycles. The molecule has 0 atom stereocenters. The van der Waals surface area contributed by atoms with Crippen LogP contribution in [-0.4, -0.2) is 18.1 Å². The van der Waals surface area contributed by atoms with Crippen LogP contribution < -0.4 is 10.6 Å². The molecule has 0 unspecified atom stereocenters. The van der Waals surface area contributed by atoms with E-state index in [0.29, 0.717) is 6.04 Å². The zero-order valence-corrected chi connectivity index (χ0v) is 10.9. The summed E-state index contributed by atoms with van der Waals surface area (Å²) < 4.78 is 0. The summed E-state index contributed by atoms with van der Waals surface area (Å²) in [5.74, 6) is 1.09. The Morgan fingerprint density at radius 2 is 1.88 bits per heavy atom. The fourth-order valence-electron chi connectivity index (χ4n) is 2.78. The minimum absolute atomic E-state index is 0.646. The number of nitrogen functional groups attached to an aromatic ring is 1. The number of rotatable bonds is 2. The lowest BCUT2D eigenvalue weighted by molar-refractivity contribution is 0.548. The molecular weight excluding hydrogens is 210 g/mol. The summed E-state index contributed by atoms with van der Waals surface area (Å²) in [4.78, 5) is 6.83. The van der Waals surface area contributed by atoms with Crippen LogP contribution in [0.5, 0.6) is 0 Å². The molecule has 3 heteroatoms. The summed E-state index contributed by atoms with van der Waals surface area (Å²) in [6, 6.07) is 2.66. The third-order valence-corrected chi connectivity index (χ3v) is 3.78. The van der Waals surface area contributed by atoms with Gasteiger partial charge in [0.15, 0.2) is 0 Å². The predicted octanol–water partition coefficient (Wildman–Crippen LogP) is 3.13. The first kappa shape index (κ1) is 12.2. The smallest absolute Gasteiger partial charge is 0.131 e. The summed E-state index contributed by atoms with van der Waals surface area (Å²) in [6.45, 7) is 2.09. The highest BCUT2D eigenvalue weighted by atomic mass is 15.2. The Labute approximate surface area is 104 Å². The first-order chi connectivity index (χ1) is 8.18. The molecule has 1 aliphatic carbocycles. The van der Waals surface area contributed by atoms with Crippen molar-refractivity contribution in [2.75, 3.05) is 17.7 Å². The summed E-state index contributed by atoms with van der Waals surface area (Å²) in [5.41, 5.74) is 7.68. The molecule has 3 nitrogen and oxygen atoms in total. The van der Waals surface area contributed by atoms with Crippen LogP contribution >= 0.6 is 0 Å². The average Bonchev–Trinajstić information content (AvgIpc) is 2.56. The van der Waals surface area contributed by atoms with Crippen molar-refractivity contribution in [3.05, 3.63) is 17.8 Å². The standard InChI is InChI=1S/C14H23N3/c1-11-9-12(15)10-16-14(11)17(2)13-7-5-3-4-6-8-13/h9-10,13H,3-8,15H2,1-2H3. The van der Waals surface area contributed by atoms with E-state index in [9.17, 15) is 0 Å². The summed E-state index contributed by atoms with van der Waals surface area (Å²) in [7, 11) is 2.17. The number of hydrogen-bond donors (Lipinski definition) is 1. The van der Waals surface area contributed by atoms with Gasteiger partial charge in [0.25, 0.3) is 0 Å². The lowest BCUT2D eigenvalue weighted by Crippen LogP contribution is -2.32. The number of anilines is 2. The van der Waals surface area contributed by atoms with Crippen molar-refractivity contribution in [3.63, 3.8) is 0 Å². The number of nitrogens with two attached hydrogens (primary N) is 1. The minimum atomic E-state index is 0.646. The maximum atomic E-state index is 5.75. The molecule has 2 rings (SSSR count). The molecule has 0 bridgehead atoms. The van der Waals surface area contributed by atoms with E-state index in [1.165, 1.54) is 44.1 Å². The maximum absolute atomic E-state index is 5.75. The second kappa shape index (κ2) is 5.39. The molecule has 94 valence electrons. The average molecular weight is 233 g/mol. The third-order valence-electron chi connectivity index (χ3n) is 3.78. The van der Waals surface area contributed by atoms with Crippen molar-refractivity contribution in [2.24, 2.45) is 0 Å². The normalized spacial score (nSPS) is 17.8. The fourth-order valence-corrected chi connectivity index (χ4v) is 2.78. The van der Waals surface area contributed by atoms with Crippen LogP contribution in [0.1, 0.15) is 44.1 Å². The molecule has 1 heterocycles. The van der Waals surface area contributed by atoms with Crippen LogP contribution in [0.3, 0.4) is 0 Å². The second-order valence-corrected chi connectivity index (χ2v) is 5.17. The van der Waals surface area contributed by atoms with E-state index in [0.717, 1.165) is 11.5 Å². The first-order valence-electron chi connectivity index (χ1n) is 6.63. The summed E-state index contributed by atoms with van der Waals surface area (Å²) in [6.07, 6.45) is 9.82. The van der Waals surface area contributed by atoms with Crippen LogP contribution in [0.2, 0.25) is 0 Å². The molecule has 0 radical (unpaired) electrons. The summed E-state index contributed by atoms with van der Waals surface area (Å²) >= 11 is 0. The highest BCUT2D eigenvalue weighted by Gasteiger charge is 2.19. The number of nitrogens with zero attached hydrogens (tertiary/aromatic N) is 2. The SMILES string of the molecule is Cc1cc(N)cnc1N(C)C1CCCCCC1. The van der Waals surface area contributed by atoms with Gasteiger partial charge in [-0.1, -0.05) is 25.7 Å². The van der Waals surface area contributed by atoms with E-state index in [1.54, 1.807) is 6.20 Å². The van der Waals surface area contributed by atoms with Crippen molar-refractivity contribution >= 4 is 11.5 Å². The van der Waals surface area contributed by atoms with Gasteiger partial charge in [-0.2, -0.15) is 0 Å². The molecule has 0 spiro atoms. The van der Waals surface area contributed by atoms with Crippen molar-refractivity contribution in [1.82, 2.24) is 4.98 Å². The Bertz CT molecular complexity index is 368. The molecule has 1 aromatic heterocycles. The van der Waals surface area contributed by atoms with E-state index in [-0.39, 0.29) is 0 Å². The highest BCUT2D eigenvalue weighted by molar-refractivity contribution is 5.52. The lowest BCUT2D eigenvalue weighted by Gasteiger charge is -2.29. The van der Waals surface area contributed by atoms with Crippen molar-refractivity contribution in [1.29, 1.82) is 0 Å². The van der Waals surface area contributed by atoms with Gasteiger partial charge >= 0.3 is 0 Å². The van der Waals surface area contributed by atoms with Crippen molar-refractivity contribution < 1.29 is 0 Å². The molecule has 1 aromatic rings. The van der Waals surface area contributed by atoms with E-state index in [1.807, 2.05) is 6.07 Å². The molecule has 17 heavy (non-hydrogen) atoms. The molecule has 1 saturated carbocycles. The zero-order chi connectivity index (χ0) is 12.3. The minimum Gasteiger partial charge on any atom is -0.397 e. The number of pyridine rings is 1. The van der Waals surface area contributed by atoms with E-state index < -0.39 is 0 Å². The molecule has 2 N–H and O–H groups in total. The monoisotopic (exact) mass is 233 g/mol. The van der Waals surface area contributed by atoms with Gasteiger partial charge < -0.3 is 10.6 Å². The van der Waals surface area contributed by atoms with Gasteiger partial charge in [0, 0.05) is 13.1 Å². The van der Waals surface area contributed by atoms with Crippen LogP contribution in [0.25, 0.3) is 0 Å². The van der Waals surface area contributed by atoms with Crippen molar-refractivity contribution in [3.8, 4) is 0 Å². The van der Waals surface area contributed by atoms with Gasteiger partial charge in [-0.25, -0.2) is 4.98 Å². The topological polar surface area (TPSA) is 42.1 Å². The largest absolute Gasteiger partial charge is 0.397 e. The van der Waals surface area contributed by atoms with Gasteiger partial charge in [0.05, 0.1) is 11.9 Å². The lowest BCUT2D eigenvalue weighted by atomic mass is 10.1. The third kappa shape index (κ3) is 2.90. The van der Waals surface area contributed by atoms with Gasteiger partial charge in [-0.3, -0.25) is 0 Å². The van der Waals surface area contributed by atoms with Gasteiger partial charge in [-0.15, -0.1) is 0 Å². The highest BCUT2D eigenvalue weighted by Crippen LogP contribution is 2.26. The molecule has 0 saturated heterocycles. The number of aromatic nitrogens is 1. The Kier molecular flexibility index (Phi) is 3.87. The first-order valence-corrected chi connectivity index (χ1v) is 6.63. The van der Waals surface area contributed by atoms with Crippen LogP contribution in [0.15, 0.2) is 12.3 Å². The summed E-state index contributed by atoms with van der Waals surface area (Å²) in [5, 5.41) is 0. The Balaban J connectivity index is 2.14. The molecule has 1 fully saturated rings. The Hall–Kier alpha value is -1.25. The second-order valence-electron chi connectivity index (χ2n) is 5.17. The Morgan fingerprint density at radius 3 is 2.47 bits per heavy atom. The van der Waals surface area contributed by atoms with Gasteiger partial charge in [0.2, 0.25) is 0 Å². The molecule has 1 aliphatic rings. The van der Waals surface area contributed by atoms with E-state index in [4.69, 9.17) is 5.73 Å². The van der Waals surface area contributed by atoms with Crippen LogP contribution in [0.4, 0.5) is 11.5 Å². The quantitative estimate of drug-likeness (QED) is 0.798. The Morgan fingerprint density at radius 1 is 1.24 bits per heavy atom. The zero-order valence-electron chi connectivity index (χ0n) is 10.9. The van der Waals surface area contributed by atoms with E-state index in [2.05, 4.69) is 23.9 Å². The molecular formula is C14H23N3. The predicted molar refractivity (Wildman–Crippen MR) is 73.3 cm³/mol. The molecule has 0 aromatic carbocycles. The maximum Gasteiger partial charge on any atom is 0.131 e. The number of hydrogen-bond acceptors (Lipinski definition) is 3. The fraction of sp³-hybridized carbons (Fsp3) is 0.643. The van der Waals surface area contributed by atoms with Crippen molar-refractivity contribution in [2.45, 2.75) is 51.5 Å². The van der Waals surface area contributed by atoms with E-state index >= 15 is 0 Å². The molecule has 0 amide bonds. The number of aryl methyl sites for hydroxylation is 1. The van der Waals surface area contributed by atoms with Gasteiger partial charge in [-0.05, 0) is 31.4 Å². The van der Waals surface area contributed by atoms with Crippen LogP contribution in [-0.2, 0) is 0 Å². The van der Waals surface area contributed by atoms with Gasteiger partial charge in [0.1, 0.15) is 5.82 Å². The van der Waals surface area contributed by atoms with Crippen LogP contribution in [0, 0.1) is 6.92 Å².